The van der Waals surface area contributed by atoms with Gasteiger partial charge in [0.25, 0.3) is 5.91 Å². The first-order chi connectivity index (χ1) is 13.9. The van der Waals surface area contributed by atoms with Crippen molar-refractivity contribution in [3.05, 3.63) is 59.7 Å². The number of nitrogens with zero attached hydrogens (tertiary/aromatic N) is 2. The first-order valence-electron chi connectivity index (χ1n) is 9.33. The largest absolute Gasteiger partial charge is 0.508 e. The van der Waals surface area contributed by atoms with E-state index in [-0.39, 0.29) is 18.3 Å². The molecule has 1 aliphatic rings. The number of carbonyl (C=O) groups excluding carboxylic acids is 2. The molecule has 8 nitrogen and oxygen atoms in total. The molecule has 0 radical (unpaired) electrons. The number of hydrogen-bond donors (Lipinski definition) is 3. The van der Waals surface area contributed by atoms with E-state index in [1.165, 1.54) is 17.0 Å². The Labute approximate surface area is 169 Å². The molecule has 0 aromatic heterocycles. The van der Waals surface area contributed by atoms with Crippen LogP contribution in [0.5, 0.6) is 5.75 Å². The van der Waals surface area contributed by atoms with Gasteiger partial charge in [-0.1, -0.05) is 12.1 Å². The number of phenols is 1. The normalized spacial score (nSPS) is 18.8. The molecule has 0 bridgehead atoms. The van der Waals surface area contributed by atoms with Crippen molar-refractivity contribution in [1.82, 2.24) is 10.2 Å². The van der Waals surface area contributed by atoms with Crippen molar-refractivity contribution in [2.45, 2.75) is 12.1 Å². The Morgan fingerprint density at radius 1 is 1.14 bits per heavy atom. The van der Waals surface area contributed by atoms with Crippen molar-refractivity contribution in [3.63, 3.8) is 0 Å². The minimum absolute atomic E-state index is 0.107. The molecule has 1 fully saturated rings. The summed E-state index contributed by atoms with van der Waals surface area (Å²) in [6.07, 6.45) is -1.31. The zero-order chi connectivity index (χ0) is 21.0. The molecule has 0 saturated carbocycles. The van der Waals surface area contributed by atoms with Gasteiger partial charge in [0.2, 0.25) is 0 Å². The highest BCUT2D eigenvalue weighted by molar-refractivity contribution is 5.96. The van der Waals surface area contributed by atoms with Gasteiger partial charge in [0, 0.05) is 24.3 Å². The number of aliphatic hydroxyl groups excluding tert-OH is 1. The third kappa shape index (κ3) is 4.67. The summed E-state index contributed by atoms with van der Waals surface area (Å²) in [7, 11) is 3.86. The number of benzene rings is 2. The Hall–Kier alpha value is -3.10. The lowest BCUT2D eigenvalue weighted by atomic mass is 10.00. The van der Waals surface area contributed by atoms with E-state index >= 15 is 0 Å². The van der Waals surface area contributed by atoms with Gasteiger partial charge in [-0.15, -0.1) is 0 Å². The fourth-order valence-corrected chi connectivity index (χ4v) is 3.24. The molecule has 8 heteroatoms. The van der Waals surface area contributed by atoms with Crippen LogP contribution in [0.25, 0.3) is 0 Å². The van der Waals surface area contributed by atoms with Gasteiger partial charge in [-0.05, 0) is 56.1 Å². The molecule has 1 heterocycles. The van der Waals surface area contributed by atoms with Crippen LogP contribution in [-0.2, 0) is 4.74 Å². The van der Waals surface area contributed by atoms with Crippen LogP contribution in [0.2, 0.25) is 0 Å². The SMILES string of the molecule is CN(C)CCNC(=O)c1ccc(N2C(=O)OC(CO)C2c2ccc(O)cc2)cc1. The summed E-state index contributed by atoms with van der Waals surface area (Å²) in [6.45, 7) is 0.938. The van der Waals surface area contributed by atoms with Gasteiger partial charge < -0.3 is 25.2 Å². The molecule has 1 saturated heterocycles. The van der Waals surface area contributed by atoms with E-state index in [1.54, 1.807) is 36.4 Å². The first kappa shape index (κ1) is 20.6. The van der Waals surface area contributed by atoms with Crippen molar-refractivity contribution in [2.75, 3.05) is 38.7 Å². The highest BCUT2D eigenvalue weighted by Gasteiger charge is 2.43. The predicted molar refractivity (Wildman–Crippen MR) is 108 cm³/mol. The second-order valence-corrected chi connectivity index (χ2v) is 7.12. The molecule has 0 aliphatic carbocycles. The summed E-state index contributed by atoms with van der Waals surface area (Å²) in [4.78, 5) is 28.1. The molecular weight excluding hydrogens is 374 g/mol. The number of nitrogens with one attached hydrogen (secondary N) is 1. The second kappa shape index (κ2) is 8.93. The van der Waals surface area contributed by atoms with Crippen molar-refractivity contribution < 1.29 is 24.5 Å². The maximum absolute atomic E-state index is 12.5. The molecule has 2 atom stereocenters. The number of phenolic OH excluding ortho intramolecular Hbond substituents is 1. The molecule has 154 valence electrons. The number of aromatic hydroxyl groups is 1. The van der Waals surface area contributed by atoms with E-state index in [4.69, 9.17) is 4.74 Å². The number of carbonyl (C=O) groups is 2. The van der Waals surface area contributed by atoms with E-state index in [0.717, 1.165) is 12.1 Å². The van der Waals surface area contributed by atoms with Crippen molar-refractivity contribution in [2.24, 2.45) is 0 Å². The molecular formula is C21H25N3O5. The standard InChI is InChI=1S/C21H25N3O5/c1-23(2)12-11-22-20(27)15-3-7-16(8-4-15)24-19(18(13-25)29-21(24)28)14-5-9-17(26)10-6-14/h3-10,18-19,25-26H,11-13H2,1-2H3,(H,22,27). The number of anilines is 1. The highest BCUT2D eigenvalue weighted by Crippen LogP contribution is 2.37. The third-order valence-electron chi connectivity index (χ3n) is 4.75. The number of cyclic esters (lactones) is 1. The Kier molecular flexibility index (Phi) is 6.36. The highest BCUT2D eigenvalue weighted by atomic mass is 16.6. The molecule has 2 amide bonds. The van der Waals surface area contributed by atoms with Crippen LogP contribution in [0.15, 0.2) is 48.5 Å². The number of aliphatic hydroxyl groups is 1. The minimum atomic E-state index is -0.735. The molecule has 2 aromatic carbocycles. The minimum Gasteiger partial charge on any atom is -0.508 e. The Morgan fingerprint density at radius 3 is 2.38 bits per heavy atom. The van der Waals surface area contributed by atoms with Crippen LogP contribution in [-0.4, -0.2) is 67.0 Å². The zero-order valence-electron chi connectivity index (χ0n) is 16.4. The lowest BCUT2D eigenvalue weighted by molar-refractivity contribution is 0.0829. The van der Waals surface area contributed by atoms with Gasteiger partial charge in [0.1, 0.15) is 11.8 Å². The maximum atomic E-state index is 12.5. The molecule has 0 spiro atoms. The fourth-order valence-electron chi connectivity index (χ4n) is 3.24. The Balaban J connectivity index is 1.81. The molecule has 2 unspecified atom stereocenters. The Bertz CT molecular complexity index is 852. The van der Waals surface area contributed by atoms with Crippen LogP contribution < -0.4 is 10.2 Å². The van der Waals surface area contributed by atoms with E-state index in [1.807, 2.05) is 19.0 Å². The fraction of sp³-hybridized carbons (Fsp3) is 0.333. The van der Waals surface area contributed by atoms with Gasteiger partial charge in [-0.2, -0.15) is 0 Å². The lowest BCUT2D eigenvalue weighted by Crippen LogP contribution is -2.32. The molecule has 3 N–H and O–H groups in total. The van der Waals surface area contributed by atoms with Crippen LogP contribution >= 0.6 is 0 Å². The molecule has 2 aromatic rings. The monoisotopic (exact) mass is 399 g/mol. The van der Waals surface area contributed by atoms with Gasteiger partial charge in [0.15, 0.2) is 6.10 Å². The predicted octanol–water partition coefficient (Wildman–Crippen LogP) is 1.74. The summed E-state index contributed by atoms with van der Waals surface area (Å²) in [5.41, 5.74) is 1.76. The number of hydrogen-bond acceptors (Lipinski definition) is 6. The third-order valence-corrected chi connectivity index (χ3v) is 4.75. The van der Waals surface area contributed by atoms with Crippen LogP contribution in [0, 0.1) is 0 Å². The Morgan fingerprint density at radius 2 is 1.79 bits per heavy atom. The van der Waals surface area contributed by atoms with E-state index in [9.17, 15) is 19.8 Å². The number of ether oxygens (including phenoxy) is 1. The number of likely N-dealkylation sites (N-methyl/N-ethyl adjacent to an activating group) is 1. The van der Waals surface area contributed by atoms with Crippen LogP contribution in [0.1, 0.15) is 22.0 Å². The summed E-state index contributed by atoms with van der Waals surface area (Å²) >= 11 is 0. The summed E-state index contributed by atoms with van der Waals surface area (Å²) in [6, 6.07) is 12.5. The zero-order valence-corrected chi connectivity index (χ0v) is 16.4. The van der Waals surface area contributed by atoms with Crippen molar-refractivity contribution >= 4 is 17.7 Å². The van der Waals surface area contributed by atoms with Gasteiger partial charge in [-0.25, -0.2) is 4.79 Å². The molecule has 3 rings (SSSR count). The quantitative estimate of drug-likeness (QED) is 0.656. The number of amides is 2. The average molecular weight is 399 g/mol. The van der Waals surface area contributed by atoms with Gasteiger partial charge in [-0.3, -0.25) is 9.69 Å². The van der Waals surface area contributed by atoms with Crippen molar-refractivity contribution in [1.29, 1.82) is 0 Å². The number of rotatable bonds is 7. The summed E-state index contributed by atoms with van der Waals surface area (Å²) < 4.78 is 5.32. The smallest absolute Gasteiger partial charge is 0.415 e. The van der Waals surface area contributed by atoms with Crippen LogP contribution in [0.4, 0.5) is 10.5 Å². The average Bonchev–Trinajstić information content (AvgIpc) is 3.04. The van der Waals surface area contributed by atoms with E-state index < -0.39 is 18.2 Å². The summed E-state index contributed by atoms with van der Waals surface area (Å²) in [5.74, 6) is -0.0820. The lowest BCUT2D eigenvalue weighted by Gasteiger charge is -2.24. The summed E-state index contributed by atoms with van der Waals surface area (Å²) in [5, 5.41) is 22.0. The van der Waals surface area contributed by atoms with Gasteiger partial charge >= 0.3 is 6.09 Å². The molecule has 29 heavy (non-hydrogen) atoms. The van der Waals surface area contributed by atoms with Crippen LogP contribution in [0.3, 0.4) is 0 Å². The second-order valence-electron chi connectivity index (χ2n) is 7.12. The maximum Gasteiger partial charge on any atom is 0.415 e. The molecule has 1 aliphatic heterocycles. The van der Waals surface area contributed by atoms with Crippen molar-refractivity contribution in [3.8, 4) is 5.75 Å². The van der Waals surface area contributed by atoms with E-state index in [0.29, 0.717) is 17.8 Å². The van der Waals surface area contributed by atoms with Gasteiger partial charge in [0.05, 0.1) is 6.61 Å². The topological polar surface area (TPSA) is 102 Å². The van der Waals surface area contributed by atoms with E-state index in [2.05, 4.69) is 5.32 Å². The first-order valence-corrected chi connectivity index (χ1v) is 9.33.